The van der Waals surface area contributed by atoms with Gasteiger partial charge in [0.15, 0.2) is 5.11 Å². The van der Waals surface area contributed by atoms with Crippen LogP contribution in [0.2, 0.25) is 5.02 Å². The Labute approximate surface area is 162 Å². The quantitative estimate of drug-likeness (QED) is 0.660. The Balaban J connectivity index is 1.87. The van der Waals surface area contributed by atoms with E-state index in [0.29, 0.717) is 15.8 Å². The first-order valence-electron chi connectivity index (χ1n) is 8.06. The van der Waals surface area contributed by atoms with Crippen molar-refractivity contribution in [3.63, 3.8) is 0 Å². The molecule has 0 saturated heterocycles. The Kier molecular flexibility index (Phi) is 5.15. The van der Waals surface area contributed by atoms with E-state index in [1.165, 1.54) is 0 Å². The van der Waals surface area contributed by atoms with Gasteiger partial charge in [0.25, 0.3) is 5.56 Å². The molecule has 3 rings (SSSR count). The molecule has 0 amide bonds. The molecule has 134 valence electrons. The molecule has 0 fully saturated rings. The molecule has 2 N–H and O–H groups in total. The molecule has 1 aromatic heterocycles. The van der Waals surface area contributed by atoms with E-state index in [4.69, 9.17) is 23.8 Å². The second-order valence-corrected chi connectivity index (χ2v) is 6.80. The lowest BCUT2D eigenvalue weighted by Crippen LogP contribution is -2.25. The maximum atomic E-state index is 12.9. The number of halogens is 1. The van der Waals surface area contributed by atoms with Crippen molar-refractivity contribution >= 4 is 40.3 Å². The standard InChI is InChI=1S/C19H19ClN4OS/c1-12-9-10-14(11-16(12)20)21-19(26)22-17-13(2)23(3)24(18(17)25)15-7-5-4-6-8-15/h4-11H,1-3H3,(H2,21,22,26). The van der Waals surface area contributed by atoms with Crippen LogP contribution in [-0.4, -0.2) is 14.5 Å². The van der Waals surface area contributed by atoms with Gasteiger partial charge in [-0.15, -0.1) is 0 Å². The number of nitrogens with zero attached hydrogens (tertiary/aromatic N) is 2. The molecule has 5 nitrogen and oxygen atoms in total. The average molecular weight is 387 g/mol. The summed E-state index contributed by atoms with van der Waals surface area (Å²) in [6, 6.07) is 15.1. The minimum Gasteiger partial charge on any atom is -0.332 e. The van der Waals surface area contributed by atoms with Crippen LogP contribution >= 0.6 is 23.8 Å². The van der Waals surface area contributed by atoms with E-state index in [1.54, 1.807) is 15.4 Å². The monoisotopic (exact) mass is 386 g/mol. The molecule has 0 aliphatic heterocycles. The van der Waals surface area contributed by atoms with Gasteiger partial charge < -0.3 is 10.6 Å². The number of aryl methyl sites for hydroxylation is 1. The third-order valence-corrected chi connectivity index (χ3v) is 4.83. The molecule has 0 spiro atoms. The van der Waals surface area contributed by atoms with Crippen LogP contribution in [0.3, 0.4) is 0 Å². The van der Waals surface area contributed by atoms with Crippen molar-refractivity contribution in [2.24, 2.45) is 7.05 Å². The lowest BCUT2D eigenvalue weighted by molar-refractivity contribution is 0.630. The van der Waals surface area contributed by atoms with Crippen LogP contribution in [-0.2, 0) is 7.05 Å². The number of aromatic nitrogens is 2. The van der Waals surface area contributed by atoms with Crippen LogP contribution in [0, 0.1) is 13.8 Å². The van der Waals surface area contributed by atoms with Gasteiger partial charge in [-0.2, -0.15) is 0 Å². The number of hydrogen-bond acceptors (Lipinski definition) is 2. The highest BCUT2D eigenvalue weighted by Crippen LogP contribution is 2.20. The molecular weight excluding hydrogens is 368 g/mol. The maximum Gasteiger partial charge on any atom is 0.295 e. The number of rotatable bonds is 3. The minimum atomic E-state index is -0.165. The van der Waals surface area contributed by atoms with Crippen LogP contribution in [0.4, 0.5) is 11.4 Å². The molecule has 0 saturated carbocycles. The van der Waals surface area contributed by atoms with Crippen molar-refractivity contribution < 1.29 is 0 Å². The average Bonchev–Trinajstić information content (AvgIpc) is 2.82. The number of hydrogen-bond donors (Lipinski definition) is 2. The summed E-state index contributed by atoms with van der Waals surface area (Å²) in [4.78, 5) is 12.9. The van der Waals surface area contributed by atoms with Gasteiger partial charge in [0, 0.05) is 17.8 Å². The molecule has 0 atom stereocenters. The summed E-state index contributed by atoms with van der Waals surface area (Å²) in [6.07, 6.45) is 0. The Bertz CT molecular complexity index is 1020. The summed E-state index contributed by atoms with van der Waals surface area (Å²) in [7, 11) is 1.84. The number of thiocarbonyl (C=S) groups is 1. The first kappa shape index (κ1) is 18.2. The van der Waals surface area contributed by atoms with Crippen LogP contribution in [0.5, 0.6) is 0 Å². The predicted molar refractivity (Wildman–Crippen MR) is 112 cm³/mol. The molecule has 3 aromatic rings. The fourth-order valence-electron chi connectivity index (χ4n) is 2.66. The Morgan fingerprint density at radius 1 is 1.08 bits per heavy atom. The van der Waals surface area contributed by atoms with Gasteiger partial charge in [0.2, 0.25) is 0 Å². The van der Waals surface area contributed by atoms with Gasteiger partial charge in [-0.25, -0.2) is 4.68 Å². The van der Waals surface area contributed by atoms with Crippen molar-refractivity contribution in [3.05, 3.63) is 75.2 Å². The Morgan fingerprint density at radius 2 is 1.77 bits per heavy atom. The molecular formula is C19H19ClN4OS. The topological polar surface area (TPSA) is 51.0 Å². The number of nitrogens with one attached hydrogen (secondary N) is 2. The highest BCUT2D eigenvalue weighted by molar-refractivity contribution is 7.80. The van der Waals surface area contributed by atoms with E-state index in [2.05, 4.69) is 10.6 Å². The normalized spacial score (nSPS) is 10.6. The minimum absolute atomic E-state index is 0.165. The van der Waals surface area contributed by atoms with Crippen molar-refractivity contribution in [1.82, 2.24) is 9.36 Å². The SMILES string of the molecule is Cc1ccc(NC(=S)Nc2c(C)n(C)n(-c3ccccc3)c2=O)cc1Cl. The molecule has 0 aliphatic rings. The second-order valence-electron chi connectivity index (χ2n) is 5.98. The molecule has 7 heteroatoms. The highest BCUT2D eigenvalue weighted by atomic mass is 35.5. The fraction of sp³-hybridized carbons (Fsp3) is 0.158. The number of benzene rings is 2. The highest BCUT2D eigenvalue weighted by Gasteiger charge is 2.17. The summed E-state index contributed by atoms with van der Waals surface area (Å²) in [6.45, 7) is 3.80. The zero-order valence-corrected chi connectivity index (χ0v) is 16.3. The summed E-state index contributed by atoms with van der Waals surface area (Å²) in [5.74, 6) is 0. The largest absolute Gasteiger partial charge is 0.332 e. The second kappa shape index (κ2) is 7.35. The van der Waals surface area contributed by atoms with E-state index in [0.717, 1.165) is 22.6 Å². The molecule has 0 radical (unpaired) electrons. The van der Waals surface area contributed by atoms with E-state index in [9.17, 15) is 4.79 Å². The van der Waals surface area contributed by atoms with Crippen molar-refractivity contribution in [2.45, 2.75) is 13.8 Å². The molecule has 0 unspecified atom stereocenters. The third kappa shape index (κ3) is 3.52. The predicted octanol–water partition coefficient (Wildman–Crippen LogP) is 4.26. The van der Waals surface area contributed by atoms with Crippen molar-refractivity contribution in [1.29, 1.82) is 0 Å². The van der Waals surface area contributed by atoms with Gasteiger partial charge in [0.1, 0.15) is 5.69 Å². The van der Waals surface area contributed by atoms with Crippen LogP contribution in [0.15, 0.2) is 53.3 Å². The summed E-state index contributed by atoms with van der Waals surface area (Å²) < 4.78 is 3.40. The molecule has 0 bridgehead atoms. The lowest BCUT2D eigenvalue weighted by Gasteiger charge is -2.10. The van der Waals surface area contributed by atoms with Gasteiger partial charge in [0.05, 0.1) is 11.4 Å². The molecule has 2 aromatic carbocycles. The molecule has 0 aliphatic carbocycles. The van der Waals surface area contributed by atoms with Crippen LogP contribution in [0.1, 0.15) is 11.3 Å². The van der Waals surface area contributed by atoms with Gasteiger partial charge >= 0.3 is 0 Å². The van der Waals surface area contributed by atoms with Gasteiger partial charge in [-0.1, -0.05) is 35.9 Å². The maximum absolute atomic E-state index is 12.9. The van der Waals surface area contributed by atoms with Crippen LogP contribution in [0.25, 0.3) is 5.69 Å². The van der Waals surface area contributed by atoms with E-state index in [1.807, 2.05) is 63.4 Å². The number of anilines is 2. The van der Waals surface area contributed by atoms with Crippen molar-refractivity contribution in [3.8, 4) is 5.69 Å². The third-order valence-electron chi connectivity index (χ3n) is 4.22. The Hall–Kier alpha value is -2.57. The summed E-state index contributed by atoms with van der Waals surface area (Å²) in [5, 5.41) is 7.06. The van der Waals surface area contributed by atoms with Crippen molar-refractivity contribution in [2.75, 3.05) is 10.6 Å². The Morgan fingerprint density at radius 3 is 2.42 bits per heavy atom. The smallest absolute Gasteiger partial charge is 0.295 e. The van der Waals surface area contributed by atoms with Gasteiger partial charge in [-0.05, 0) is 55.9 Å². The summed E-state index contributed by atoms with van der Waals surface area (Å²) in [5.41, 5.74) is 3.59. The van der Waals surface area contributed by atoms with Gasteiger partial charge in [-0.3, -0.25) is 9.48 Å². The molecule has 1 heterocycles. The lowest BCUT2D eigenvalue weighted by atomic mass is 10.2. The van der Waals surface area contributed by atoms with E-state index in [-0.39, 0.29) is 5.56 Å². The van der Waals surface area contributed by atoms with E-state index < -0.39 is 0 Å². The zero-order chi connectivity index (χ0) is 18.8. The summed E-state index contributed by atoms with van der Waals surface area (Å²) >= 11 is 11.5. The first-order chi connectivity index (χ1) is 12.4. The van der Waals surface area contributed by atoms with Crippen LogP contribution < -0.4 is 16.2 Å². The van der Waals surface area contributed by atoms with E-state index >= 15 is 0 Å². The fourth-order valence-corrected chi connectivity index (χ4v) is 3.06. The number of para-hydroxylation sites is 1. The molecule has 26 heavy (non-hydrogen) atoms. The first-order valence-corrected chi connectivity index (χ1v) is 8.85. The zero-order valence-electron chi connectivity index (χ0n) is 14.7.